The summed E-state index contributed by atoms with van der Waals surface area (Å²) in [5.74, 6) is -0.0954. The predicted octanol–water partition coefficient (Wildman–Crippen LogP) is 3.30. The Morgan fingerprint density at radius 1 is 1.33 bits per heavy atom. The summed E-state index contributed by atoms with van der Waals surface area (Å²) in [6.45, 7) is 0.398. The Morgan fingerprint density at radius 3 is 2.52 bits per heavy atom. The standard InChI is InChI=1S/C13H11Br2N3O2S/c14-10-5-9(11(15)21-10)13(19)17-6-7-1-3-8(4-2-7)12(16)18-20/h1-5,20H,6H2,(H2,16,18)(H,17,19). The Bertz CT molecular complexity index is 683. The third-order valence-electron chi connectivity index (χ3n) is 2.71. The lowest BCUT2D eigenvalue weighted by atomic mass is 10.1. The zero-order valence-electron chi connectivity index (χ0n) is 10.6. The second kappa shape index (κ2) is 7.06. The minimum atomic E-state index is -0.149. The largest absolute Gasteiger partial charge is 0.409 e. The number of benzene rings is 1. The highest BCUT2D eigenvalue weighted by molar-refractivity contribution is 9.12. The number of hydrogen-bond donors (Lipinski definition) is 3. The maximum Gasteiger partial charge on any atom is 0.253 e. The van der Waals surface area contributed by atoms with Gasteiger partial charge in [-0.15, -0.1) is 11.3 Å². The zero-order valence-corrected chi connectivity index (χ0v) is 14.6. The average molecular weight is 433 g/mol. The van der Waals surface area contributed by atoms with Gasteiger partial charge in [0.2, 0.25) is 0 Å². The number of amides is 1. The Labute approximate surface area is 142 Å². The van der Waals surface area contributed by atoms with E-state index >= 15 is 0 Å². The highest BCUT2D eigenvalue weighted by Crippen LogP contribution is 2.31. The van der Waals surface area contributed by atoms with E-state index in [4.69, 9.17) is 10.9 Å². The number of rotatable bonds is 4. The molecule has 110 valence electrons. The number of halogens is 2. The smallest absolute Gasteiger partial charge is 0.253 e. The van der Waals surface area contributed by atoms with Crippen LogP contribution in [-0.2, 0) is 6.54 Å². The number of nitrogens with one attached hydrogen (secondary N) is 1. The molecule has 0 fully saturated rings. The first kappa shape index (κ1) is 16.0. The van der Waals surface area contributed by atoms with Gasteiger partial charge < -0.3 is 16.3 Å². The van der Waals surface area contributed by atoms with Crippen LogP contribution in [0.25, 0.3) is 0 Å². The normalized spacial score (nSPS) is 11.4. The van der Waals surface area contributed by atoms with Crippen molar-refractivity contribution in [3.63, 3.8) is 0 Å². The summed E-state index contributed by atoms with van der Waals surface area (Å²) >= 11 is 8.14. The molecule has 0 aliphatic carbocycles. The van der Waals surface area contributed by atoms with E-state index in [1.807, 2.05) is 12.1 Å². The van der Waals surface area contributed by atoms with Gasteiger partial charge in [-0.1, -0.05) is 29.4 Å². The molecule has 0 bridgehead atoms. The van der Waals surface area contributed by atoms with Crippen LogP contribution in [0.5, 0.6) is 0 Å². The van der Waals surface area contributed by atoms with Crippen molar-refractivity contribution in [3.8, 4) is 0 Å². The summed E-state index contributed by atoms with van der Waals surface area (Å²) in [6, 6.07) is 8.85. The molecule has 4 N–H and O–H groups in total. The van der Waals surface area contributed by atoms with E-state index in [9.17, 15) is 4.79 Å². The summed E-state index contributed by atoms with van der Waals surface area (Å²) in [4.78, 5) is 12.0. The number of carbonyl (C=O) groups is 1. The average Bonchev–Trinajstić information content (AvgIpc) is 2.83. The second-order valence-corrected chi connectivity index (χ2v) is 7.85. The molecule has 0 radical (unpaired) electrons. The van der Waals surface area contributed by atoms with Crippen molar-refractivity contribution in [1.29, 1.82) is 0 Å². The summed E-state index contributed by atoms with van der Waals surface area (Å²) in [7, 11) is 0. The monoisotopic (exact) mass is 431 g/mol. The lowest BCUT2D eigenvalue weighted by Gasteiger charge is -2.05. The van der Waals surface area contributed by atoms with Gasteiger partial charge in [0.15, 0.2) is 5.84 Å². The highest BCUT2D eigenvalue weighted by atomic mass is 79.9. The number of amidine groups is 1. The molecule has 2 rings (SSSR count). The van der Waals surface area contributed by atoms with Crippen molar-refractivity contribution in [2.75, 3.05) is 0 Å². The van der Waals surface area contributed by atoms with Gasteiger partial charge in [-0.25, -0.2) is 0 Å². The first-order valence-corrected chi connectivity index (χ1v) is 8.21. The van der Waals surface area contributed by atoms with Gasteiger partial charge in [-0.05, 0) is 43.5 Å². The zero-order chi connectivity index (χ0) is 15.4. The van der Waals surface area contributed by atoms with Gasteiger partial charge >= 0.3 is 0 Å². The molecule has 0 saturated carbocycles. The lowest BCUT2D eigenvalue weighted by Crippen LogP contribution is -2.22. The van der Waals surface area contributed by atoms with Crippen molar-refractivity contribution >= 4 is 54.9 Å². The van der Waals surface area contributed by atoms with Crippen LogP contribution in [0.15, 0.2) is 43.1 Å². The highest BCUT2D eigenvalue weighted by Gasteiger charge is 2.13. The van der Waals surface area contributed by atoms with Gasteiger partial charge in [0.25, 0.3) is 5.91 Å². The Morgan fingerprint density at radius 2 is 2.00 bits per heavy atom. The number of carbonyl (C=O) groups excluding carboxylic acids is 1. The summed E-state index contributed by atoms with van der Waals surface area (Å²) in [6.07, 6.45) is 0. The topological polar surface area (TPSA) is 87.7 Å². The first-order valence-electron chi connectivity index (χ1n) is 5.81. The molecule has 2 aromatic rings. The predicted molar refractivity (Wildman–Crippen MR) is 89.8 cm³/mol. The Hall–Kier alpha value is -1.38. The van der Waals surface area contributed by atoms with Crippen molar-refractivity contribution in [2.24, 2.45) is 10.9 Å². The SMILES string of the molecule is N/C(=N/O)c1ccc(CNC(=O)c2cc(Br)sc2Br)cc1. The van der Waals surface area contributed by atoms with Crippen LogP contribution in [0.1, 0.15) is 21.5 Å². The van der Waals surface area contributed by atoms with Crippen LogP contribution in [-0.4, -0.2) is 17.0 Å². The molecule has 0 aliphatic rings. The van der Waals surface area contributed by atoms with Crippen molar-refractivity contribution < 1.29 is 10.0 Å². The minimum absolute atomic E-state index is 0.0534. The van der Waals surface area contributed by atoms with Crippen LogP contribution in [0.4, 0.5) is 0 Å². The molecular weight excluding hydrogens is 422 g/mol. The van der Waals surface area contributed by atoms with E-state index in [1.54, 1.807) is 18.2 Å². The number of nitrogens with two attached hydrogens (primary N) is 1. The number of oxime groups is 1. The number of hydrogen-bond acceptors (Lipinski definition) is 4. The van der Waals surface area contributed by atoms with E-state index in [1.165, 1.54) is 11.3 Å². The summed E-state index contributed by atoms with van der Waals surface area (Å²) in [5.41, 5.74) is 7.62. The fraction of sp³-hybridized carbons (Fsp3) is 0.0769. The van der Waals surface area contributed by atoms with Crippen LogP contribution in [0.3, 0.4) is 0 Å². The van der Waals surface area contributed by atoms with Crippen LogP contribution < -0.4 is 11.1 Å². The van der Waals surface area contributed by atoms with Crippen LogP contribution >= 0.6 is 43.2 Å². The van der Waals surface area contributed by atoms with E-state index in [0.717, 1.165) is 13.1 Å². The molecule has 1 aromatic heterocycles. The van der Waals surface area contributed by atoms with Crippen molar-refractivity contribution in [2.45, 2.75) is 6.54 Å². The maximum absolute atomic E-state index is 12.0. The lowest BCUT2D eigenvalue weighted by molar-refractivity contribution is 0.0950. The van der Waals surface area contributed by atoms with E-state index < -0.39 is 0 Å². The molecule has 8 heteroatoms. The van der Waals surface area contributed by atoms with E-state index in [2.05, 4.69) is 42.3 Å². The van der Waals surface area contributed by atoms with E-state index in [0.29, 0.717) is 17.7 Å². The molecule has 1 aromatic carbocycles. The molecule has 0 saturated heterocycles. The van der Waals surface area contributed by atoms with Gasteiger partial charge in [0, 0.05) is 12.1 Å². The minimum Gasteiger partial charge on any atom is -0.409 e. The van der Waals surface area contributed by atoms with Gasteiger partial charge in [0.05, 0.1) is 13.1 Å². The summed E-state index contributed by atoms with van der Waals surface area (Å²) < 4.78 is 1.68. The number of nitrogens with zero attached hydrogens (tertiary/aromatic N) is 1. The van der Waals surface area contributed by atoms with Crippen molar-refractivity contribution in [1.82, 2.24) is 5.32 Å². The fourth-order valence-electron chi connectivity index (χ4n) is 1.62. The number of thiophene rings is 1. The maximum atomic E-state index is 12.0. The Kier molecular flexibility index (Phi) is 5.38. The van der Waals surface area contributed by atoms with Crippen molar-refractivity contribution in [3.05, 3.63) is 54.6 Å². The molecular formula is C13H11Br2N3O2S. The summed E-state index contributed by atoms with van der Waals surface area (Å²) in [5, 5.41) is 14.4. The third kappa shape index (κ3) is 4.05. The molecule has 21 heavy (non-hydrogen) atoms. The molecule has 0 atom stereocenters. The Balaban J connectivity index is 2.00. The van der Waals surface area contributed by atoms with Gasteiger partial charge in [0.1, 0.15) is 0 Å². The molecule has 0 spiro atoms. The van der Waals surface area contributed by atoms with Gasteiger partial charge in [-0.2, -0.15) is 0 Å². The first-order chi connectivity index (χ1) is 10.0. The molecule has 0 unspecified atom stereocenters. The molecule has 5 nitrogen and oxygen atoms in total. The quantitative estimate of drug-likeness (QED) is 0.299. The molecule has 0 aliphatic heterocycles. The second-order valence-electron chi connectivity index (χ2n) is 4.10. The van der Waals surface area contributed by atoms with Gasteiger partial charge in [-0.3, -0.25) is 4.79 Å². The van der Waals surface area contributed by atoms with Crippen LogP contribution in [0.2, 0.25) is 0 Å². The van der Waals surface area contributed by atoms with E-state index in [-0.39, 0.29) is 11.7 Å². The molecule has 1 amide bonds. The fourth-order valence-corrected chi connectivity index (χ4v) is 4.42. The third-order valence-corrected chi connectivity index (χ3v) is 5.05. The molecule has 1 heterocycles. The van der Waals surface area contributed by atoms with Crippen LogP contribution in [0, 0.1) is 0 Å².